The quantitative estimate of drug-likeness (QED) is 0.637. The van der Waals surface area contributed by atoms with Crippen molar-refractivity contribution in [3.05, 3.63) is 40.7 Å². The summed E-state index contributed by atoms with van der Waals surface area (Å²) in [6.07, 6.45) is 2.57. The fraction of sp³-hybridized carbons (Fsp3) is 0. The third-order valence-corrected chi connectivity index (χ3v) is 1.71. The first kappa shape index (κ1) is 7.72. The summed E-state index contributed by atoms with van der Waals surface area (Å²) in [7, 11) is 0. The Morgan fingerprint density at radius 3 is 3.08 bits per heavy atom. The van der Waals surface area contributed by atoms with Gasteiger partial charge in [0.15, 0.2) is 11.5 Å². The Balaban J connectivity index is 3.03. The summed E-state index contributed by atoms with van der Waals surface area (Å²) >= 11 is 0. The fourth-order valence-corrected chi connectivity index (χ4v) is 1.09. The van der Waals surface area contributed by atoms with Gasteiger partial charge in [0.1, 0.15) is 5.69 Å². The highest BCUT2D eigenvalue weighted by atomic mass is 19.1. The van der Waals surface area contributed by atoms with E-state index >= 15 is 0 Å². The van der Waals surface area contributed by atoms with Crippen molar-refractivity contribution in [2.45, 2.75) is 0 Å². The highest BCUT2D eigenvalue weighted by Crippen LogP contribution is 2.03. The van der Waals surface area contributed by atoms with Crippen LogP contribution in [0.3, 0.4) is 0 Å². The van der Waals surface area contributed by atoms with Crippen molar-refractivity contribution in [2.24, 2.45) is 0 Å². The summed E-state index contributed by atoms with van der Waals surface area (Å²) in [5.41, 5.74) is 4.85. The van der Waals surface area contributed by atoms with E-state index in [0.717, 1.165) is 10.6 Å². The molecule has 2 heterocycles. The van der Waals surface area contributed by atoms with Gasteiger partial charge >= 0.3 is 0 Å². The van der Waals surface area contributed by atoms with Crippen LogP contribution >= 0.6 is 0 Å². The van der Waals surface area contributed by atoms with E-state index < -0.39 is 11.4 Å². The molecule has 0 radical (unpaired) electrons. The molecule has 66 valence electrons. The maximum atomic E-state index is 13.0. The second kappa shape index (κ2) is 2.55. The number of anilines is 1. The summed E-state index contributed by atoms with van der Waals surface area (Å²) < 4.78 is 14.1. The lowest BCUT2D eigenvalue weighted by atomic mass is 10.4. The molecule has 0 aromatic carbocycles. The predicted molar refractivity (Wildman–Crippen MR) is 45.8 cm³/mol. The number of hydrogen-bond acceptors (Lipinski definition) is 3. The molecule has 0 aliphatic heterocycles. The SMILES string of the molecule is Nc1cnc2c(F)cccn2c1=O. The Morgan fingerprint density at radius 1 is 1.54 bits per heavy atom. The van der Waals surface area contributed by atoms with E-state index in [1.54, 1.807) is 0 Å². The minimum Gasteiger partial charge on any atom is -0.393 e. The van der Waals surface area contributed by atoms with Crippen LogP contribution in [0.5, 0.6) is 0 Å². The normalized spacial score (nSPS) is 10.5. The van der Waals surface area contributed by atoms with Crippen molar-refractivity contribution in [3.63, 3.8) is 0 Å². The van der Waals surface area contributed by atoms with E-state index in [2.05, 4.69) is 4.98 Å². The second-order valence-electron chi connectivity index (χ2n) is 2.57. The molecule has 0 unspecified atom stereocenters. The van der Waals surface area contributed by atoms with Crippen molar-refractivity contribution in [3.8, 4) is 0 Å². The molecule has 2 aromatic heterocycles. The molecule has 0 bridgehead atoms. The van der Waals surface area contributed by atoms with Crippen LogP contribution < -0.4 is 11.3 Å². The number of halogens is 1. The molecule has 0 aliphatic carbocycles. The summed E-state index contributed by atoms with van der Waals surface area (Å²) in [6, 6.07) is 2.66. The lowest BCUT2D eigenvalue weighted by molar-refractivity contribution is 0.627. The highest BCUT2D eigenvalue weighted by Gasteiger charge is 2.04. The van der Waals surface area contributed by atoms with Gasteiger partial charge < -0.3 is 5.73 Å². The van der Waals surface area contributed by atoms with E-state index in [1.807, 2.05) is 0 Å². The van der Waals surface area contributed by atoms with Crippen LogP contribution in [0.15, 0.2) is 29.3 Å². The number of nitrogen functional groups attached to an aromatic ring is 1. The largest absolute Gasteiger partial charge is 0.393 e. The molecular weight excluding hydrogens is 173 g/mol. The molecule has 2 aromatic rings. The number of pyridine rings is 1. The van der Waals surface area contributed by atoms with E-state index in [-0.39, 0.29) is 11.3 Å². The van der Waals surface area contributed by atoms with E-state index in [4.69, 9.17) is 5.73 Å². The Bertz CT molecular complexity index is 520. The van der Waals surface area contributed by atoms with E-state index in [9.17, 15) is 9.18 Å². The minimum absolute atomic E-state index is 0.00287. The van der Waals surface area contributed by atoms with Gasteiger partial charge in [-0.25, -0.2) is 9.37 Å². The van der Waals surface area contributed by atoms with Gasteiger partial charge in [0.05, 0.1) is 6.20 Å². The molecule has 0 fully saturated rings. The van der Waals surface area contributed by atoms with Crippen LogP contribution in [0.1, 0.15) is 0 Å². The Labute approximate surface area is 72.4 Å². The monoisotopic (exact) mass is 179 g/mol. The zero-order valence-electron chi connectivity index (χ0n) is 6.57. The molecule has 4 nitrogen and oxygen atoms in total. The first-order valence-electron chi connectivity index (χ1n) is 3.61. The number of aromatic nitrogens is 2. The molecular formula is C8H6FN3O. The van der Waals surface area contributed by atoms with Crippen molar-refractivity contribution >= 4 is 11.3 Å². The molecule has 0 amide bonds. The number of hydrogen-bond donors (Lipinski definition) is 1. The van der Waals surface area contributed by atoms with Gasteiger partial charge in [-0.15, -0.1) is 0 Å². The number of nitrogens with two attached hydrogens (primary N) is 1. The standard InChI is InChI=1S/C8H6FN3O/c9-5-2-1-3-12-7(5)11-4-6(10)8(12)13/h1-4H,10H2. The second-order valence-corrected chi connectivity index (χ2v) is 2.57. The average Bonchev–Trinajstić information content (AvgIpc) is 2.12. The predicted octanol–water partition coefficient (Wildman–Crippen LogP) is 0.416. The summed E-state index contributed by atoms with van der Waals surface area (Å²) in [5.74, 6) is -0.542. The van der Waals surface area contributed by atoms with Crippen LogP contribution in [0.4, 0.5) is 10.1 Å². The molecule has 2 rings (SSSR count). The first-order valence-corrected chi connectivity index (χ1v) is 3.61. The molecule has 0 aliphatic rings. The van der Waals surface area contributed by atoms with Crippen molar-refractivity contribution < 1.29 is 4.39 Å². The van der Waals surface area contributed by atoms with Gasteiger partial charge in [-0.05, 0) is 12.1 Å². The Hall–Kier alpha value is -1.91. The average molecular weight is 179 g/mol. The molecule has 13 heavy (non-hydrogen) atoms. The number of fused-ring (bicyclic) bond motifs is 1. The van der Waals surface area contributed by atoms with E-state index in [0.29, 0.717) is 0 Å². The van der Waals surface area contributed by atoms with Crippen LogP contribution in [0.2, 0.25) is 0 Å². The maximum Gasteiger partial charge on any atom is 0.281 e. The zero-order chi connectivity index (χ0) is 9.42. The topological polar surface area (TPSA) is 60.4 Å². The molecule has 0 spiro atoms. The van der Waals surface area contributed by atoms with E-state index in [1.165, 1.54) is 18.3 Å². The van der Waals surface area contributed by atoms with Gasteiger partial charge in [0.25, 0.3) is 5.56 Å². The minimum atomic E-state index is -0.542. The Morgan fingerprint density at radius 2 is 2.31 bits per heavy atom. The molecule has 2 N–H and O–H groups in total. The van der Waals surface area contributed by atoms with Gasteiger partial charge in [-0.2, -0.15) is 0 Å². The third-order valence-electron chi connectivity index (χ3n) is 1.71. The maximum absolute atomic E-state index is 13.0. The fourth-order valence-electron chi connectivity index (χ4n) is 1.09. The van der Waals surface area contributed by atoms with Crippen LogP contribution in [0.25, 0.3) is 5.65 Å². The first-order chi connectivity index (χ1) is 6.20. The highest BCUT2D eigenvalue weighted by molar-refractivity contribution is 5.44. The van der Waals surface area contributed by atoms with Crippen molar-refractivity contribution in [2.75, 3.05) is 5.73 Å². The van der Waals surface area contributed by atoms with Crippen LogP contribution in [0, 0.1) is 5.82 Å². The van der Waals surface area contributed by atoms with Crippen LogP contribution in [-0.2, 0) is 0 Å². The summed E-state index contributed by atoms with van der Waals surface area (Å²) in [6.45, 7) is 0. The van der Waals surface area contributed by atoms with Crippen LogP contribution in [-0.4, -0.2) is 9.38 Å². The Kier molecular flexibility index (Phi) is 1.51. The third kappa shape index (κ3) is 1.05. The molecule has 0 atom stereocenters. The van der Waals surface area contributed by atoms with Gasteiger partial charge in [-0.1, -0.05) is 0 Å². The summed E-state index contributed by atoms with van der Waals surface area (Å²) in [5, 5.41) is 0. The molecule has 0 saturated carbocycles. The summed E-state index contributed by atoms with van der Waals surface area (Å²) in [4.78, 5) is 15.0. The molecule has 0 saturated heterocycles. The number of nitrogens with zero attached hydrogens (tertiary/aromatic N) is 2. The van der Waals surface area contributed by atoms with Gasteiger partial charge in [0, 0.05) is 6.20 Å². The van der Waals surface area contributed by atoms with Gasteiger partial charge in [-0.3, -0.25) is 9.20 Å². The lowest BCUT2D eigenvalue weighted by Gasteiger charge is -2.00. The van der Waals surface area contributed by atoms with Crippen molar-refractivity contribution in [1.82, 2.24) is 9.38 Å². The van der Waals surface area contributed by atoms with Gasteiger partial charge in [0.2, 0.25) is 0 Å². The lowest BCUT2D eigenvalue weighted by Crippen LogP contribution is -2.18. The zero-order valence-corrected chi connectivity index (χ0v) is 6.57. The van der Waals surface area contributed by atoms with Crippen molar-refractivity contribution in [1.29, 1.82) is 0 Å². The molecule has 5 heteroatoms. The smallest absolute Gasteiger partial charge is 0.281 e. The number of rotatable bonds is 0.